The van der Waals surface area contributed by atoms with Crippen LogP contribution in [0.15, 0.2) is 65.6 Å². The maximum absolute atomic E-state index is 12.8. The molecule has 3 aromatic carbocycles. The SMILES string of the molecule is CCOc1ccc(/C=C2\SC(=O)N(CCOc3cccc4ccccc34)C2=O)cc1OC. The maximum Gasteiger partial charge on any atom is 0.293 e. The number of fused-ring (bicyclic) bond motifs is 1. The summed E-state index contributed by atoms with van der Waals surface area (Å²) < 4.78 is 16.8. The molecule has 0 spiro atoms. The number of ether oxygens (including phenoxy) is 3. The first-order valence-corrected chi connectivity index (χ1v) is 11.1. The number of amides is 2. The van der Waals surface area contributed by atoms with E-state index in [1.165, 1.54) is 4.90 Å². The van der Waals surface area contributed by atoms with Gasteiger partial charge in [-0.25, -0.2) is 0 Å². The van der Waals surface area contributed by atoms with Crippen LogP contribution in [0.1, 0.15) is 12.5 Å². The standard InChI is InChI=1S/C25H23NO5S/c1-3-30-21-12-11-17(15-22(21)29-2)16-23-24(27)26(25(28)32-23)13-14-31-20-10-6-8-18-7-4-5-9-19(18)20/h4-12,15-16H,3,13-14H2,1-2H3/b23-16-. The smallest absolute Gasteiger partial charge is 0.293 e. The van der Waals surface area contributed by atoms with Gasteiger partial charge in [0.1, 0.15) is 12.4 Å². The molecule has 0 radical (unpaired) electrons. The van der Waals surface area contributed by atoms with Gasteiger partial charge in [-0.3, -0.25) is 14.5 Å². The molecule has 2 amide bonds. The van der Waals surface area contributed by atoms with Crippen LogP contribution in [0.3, 0.4) is 0 Å². The lowest BCUT2D eigenvalue weighted by molar-refractivity contribution is -0.123. The fourth-order valence-corrected chi connectivity index (χ4v) is 4.33. The van der Waals surface area contributed by atoms with Crippen LogP contribution in [0.2, 0.25) is 0 Å². The molecule has 0 N–H and O–H groups in total. The van der Waals surface area contributed by atoms with Crippen molar-refractivity contribution in [2.45, 2.75) is 6.92 Å². The summed E-state index contributed by atoms with van der Waals surface area (Å²) in [4.78, 5) is 26.8. The van der Waals surface area contributed by atoms with Crippen molar-refractivity contribution >= 4 is 39.8 Å². The normalized spacial score (nSPS) is 14.9. The van der Waals surface area contributed by atoms with Crippen molar-refractivity contribution in [3.63, 3.8) is 0 Å². The van der Waals surface area contributed by atoms with E-state index in [1.54, 1.807) is 25.3 Å². The van der Waals surface area contributed by atoms with E-state index in [4.69, 9.17) is 14.2 Å². The molecule has 3 aromatic rings. The second-order valence-electron chi connectivity index (χ2n) is 7.00. The molecule has 32 heavy (non-hydrogen) atoms. The number of hydrogen-bond donors (Lipinski definition) is 0. The third-order valence-corrected chi connectivity index (χ3v) is 5.89. The summed E-state index contributed by atoms with van der Waals surface area (Å²) in [6.45, 7) is 2.82. The maximum atomic E-state index is 12.8. The van der Waals surface area contributed by atoms with Gasteiger partial charge in [0.05, 0.1) is 25.2 Å². The van der Waals surface area contributed by atoms with Gasteiger partial charge in [-0.15, -0.1) is 0 Å². The molecule has 0 saturated carbocycles. The highest BCUT2D eigenvalue weighted by atomic mass is 32.2. The summed E-state index contributed by atoms with van der Waals surface area (Å²) in [5, 5.41) is 1.76. The lowest BCUT2D eigenvalue weighted by atomic mass is 10.1. The first-order chi connectivity index (χ1) is 15.6. The van der Waals surface area contributed by atoms with Crippen LogP contribution < -0.4 is 14.2 Å². The Hall–Kier alpha value is -3.45. The number of carbonyl (C=O) groups is 2. The summed E-state index contributed by atoms with van der Waals surface area (Å²) >= 11 is 0.924. The van der Waals surface area contributed by atoms with Gasteiger partial charge in [0, 0.05) is 5.39 Å². The van der Waals surface area contributed by atoms with E-state index in [9.17, 15) is 9.59 Å². The van der Waals surface area contributed by atoms with Crippen molar-refractivity contribution in [2.75, 3.05) is 26.9 Å². The number of nitrogens with zero attached hydrogens (tertiary/aromatic N) is 1. The minimum atomic E-state index is -0.325. The first kappa shape index (κ1) is 21.8. The molecule has 4 rings (SSSR count). The molecule has 1 saturated heterocycles. The zero-order chi connectivity index (χ0) is 22.5. The number of methoxy groups -OCH3 is 1. The number of carbonyl (C=O) groups excluding carboxylic acids is 2. The minimum Gasteiger partial charge on any atom is -0.493 e. The molecule has 0 aliphatic carbocycles. The Morgan fingerprint density at radius 3 is 2.56 bits per heavy atom. The monoisotopic (exact) mass is 449 g/mol. The van der Waals surface area contributed by atoms with Crippen LogP contribution in [0, 0.1) is 0 Å². The van der Waals surface area contributed by atoms with E-state index in [0.29, 0.717) is 23.0 Å². The summed E-state index contributed by atoms with van der Waals surface area (Å²) in [5.41, 5.74) is 0.753. The molecule has 0 aromatic heterocycles. The van der Waals surface area contributed by atoms with Crippen LogP contribution in [0.25, 0.3) is 16.8 Å². The fraction of sp³-hybridized carbons (Fsp3) is 0.200. The second-order valence-corrected chi connectivity index (χ2v) is 8.00. The van der Waals surface area contributed by atoms with Crippen molar-refractivity contribution in [2.24, 2.45) is 0 Å². The van der Waals surface area contributed by atoms with Gasteiger partial charge >= 0.3 is 0 Å². The second kappa shape index (κ2) is 9.78. The zero-order valence-corrected chi connectivity index (χ0v) is 18.7. The number of hydrogen-bond acceptors (Lipinski definition) is 6. The third kappa shape index (κ3) is 4.57. The quantitative estimate of drug-likeness (QED) is 0.431. The van der Waals surface area contributed by atoms with Crippen LogP contribution in [-0.4, -0.2) is 42.9 Å². The van der Waals surface area contributed by atoms with E-state index in [-0.39, 0.29) is 24.3 Å². The Labute approximate surface area is 190 Å². The van der Waals surface area contributed by atoms with Crippen molar-refractivity contribution in [3.05, 3.63) is 71.1 Å². The Morgan fingerprint density at radius 1 is 0.938 bits per heavy atom. The number of imide groups is 1. The highest BCUT2D eigenvalue weighted by Crippen LogP contribution is 2.34. The molecule has 1 aliphatic rings. The van der Waals surface area contributed by atoms with Crippen molar-refractivity contribution in [3.8, 4) is 17.2 Å². The van der Waals surface area contributed by atoms with Crippen LogP contribution >= 0.6 is 11.8 Å². The number of thioether (sulfide) groups is 1. The van der Waals surface area contributed by atoms with Gasteiger partial charge in [-0.05, 0) is 53.9 Å². The van der Waals surface area contributed by atoms with E-state index in [1.807, 2.05) is 55.5 Å². The molecule has 0 atom stereocenters. The Balaban J connectivity index is 1.44. The highest BCUT2D eigenvalue weighted by molar-refractivity contribution is 8.18. The molecule has 0 unspecified atom stereocenters. The summed E-state index contributed by atoms with van der Waals surface area (Å²) in [6, 6.07) is 19.1. The zero-order valence-electron chi connectivity index (χ0n) is 17.9. The van der Waals surface area contributed by atoms with E-state index >= 15 is 0 Å². The lowest BCUT2D eigenvalue weighted by Crippen LogP contribution is -2.32. The molecule has 1 aliphatic heterocycles. The minimum absolute atomic E-state index is 0.178. The van der Waals surface area contributed by atoms with E-state index < -0.39 is 0 Å². The highest BCUT2D eigenvalue weighted by Gasteiger charge is 2.34. The summed E-state index contributed by atoms with van der Waals surface area (Å²) in [5.74, 6) is 1.61. The third-order valence-electron chi connectivity index (χ3n) is 4.98. The molecule has 1 heterocycles. The predicted octanol–water partition coefficient (Wildman–Crippen LogP) is 5.36. The Bertz CT molecular complexity index is 1180. The van der Waals surface area contributed by atoms with Crippen molar-refractivity contribution in [1.29, 1.82) is 0 Å². The van der Waals surface area contributed by atoms with Crippen molar-refractivity contribution in [1.82, 2.24) is 4.90 Å². The first-order valence-electron chi connectivity index (χ1n) is 10.3. The average Bonchev–Trinajstić information content (AvgIpc) is 3.07. The molecule has 164 valence electrons. The van der Waals surface area contributed by atoms with Crippen molar-refractivity contribution < 1.29 is 23.8 Å². The van der Waals surface area contributed by atoms with E-state index in [0.717, 1.165) is 33.8 Å². The van der Waals surface area contributed by atoms with Crippen LogP contribution in [0.5, 0.6) is 17.2 Å². The van der Waals surface area contributed by atoms with Gasteiger partial charge in [0.2, 0.25) is 0 Å². The summed E-state index contributed by atoms with van der Waals surface area (Å²) in [7, 11) is 1.56. The number of rotatable bonds is 8. The molecular weight excluding hydrogens is 426 g/mol. The largest absolute Gasteiger partial charge is 0.493 e. The van der Waals surface area contributed by atoms with Gasteiger partial charge in [-0.1, -0.05) is 42.5 Å². The van der Waals surface area contributed by atoms with Gasteiger partial charge in [0.25, 0.3) is 11.1 Å². The predicted molar refractivity (Wildman–Crippen MR) is 126 cm³/mol. The fourth-order valence-electron chi connectivity index (χ4n) is 3.46. The lowest BCUT2D eigenvalue weighted by Gasteiger charge is -2.14. The summed E-state index contributed by atoms with van der Waals surface area (Å²) in [6.07, 6.45) is 1.69. The Morgan fingerprint density at radius 2 is 1.75 bits per heavy atom. The number of benzene rings is 3. The molecule has 6 nitrogen and oxygen atoms in total. The van der Waals surface area contributed by atoms with Gasteiger partial charge in [0.15, 0.2) is 11.5 Å². The topological polar surface area (TPSA) is 65.1 Å². The molecular formula is C25H23NO5S. The van der Waals surface area contributed by atoms with Crippen LogP contribution in [0.4, 0.5) is 4.79 Å². The molecule has 0 bridgehead atoms. The van der Waals surface area contributed by atoms with E-state index in [2.05, 4.69) is 0 Å². The average molecular weight is 450 g/mol. The van der Waals surface area contributed by atoms with Gasteiger partial charge in [-0.2, -0.15) is 0 Å². The molecule has 1 fully saturated rings. The molecule has 7 heteroatoms. The van der Waals surface area contributed by atoms with Crippen LogP contribution in [-0.2, 0) is 4.79 Å². The Kier molecular flexibility index (Phi) is 6.66. The van der Waals surface area contributed by atoms with Gasteiger partial charge < -0.3 is 14.2 Å².